The third kappa shape index (κ3) is 3.57. The van der Waals surface area contributed by atoms with Crippen LogP contribution in [0.25, 0.3) is 0 Å². The predicted molar refractivity (Wildman–Crippen MR) is 67.2 cm³/mol. The Morgan fingerprint density at radius 1 is 0.818 bits per heavy atom. The zero-order valence-corrected chi connectivity index (χ0v) is 11.7. The van der Waals surface area contributed by atoms with Crippen molar-refractivity contribution in [3.05, 3.63) is 0 Å². The summed E-state index contributed by atoms with van der Waals surface area (Å²) in [7, 11) is 0. The maximum Gasteiger partial charge on any atom is 0.187 e. The minimum absolute atomic E-state index is 0.168. The molecule has 0 amide bonds. The number of rotatable bonds is 4. The fourth-order valence-corrected chi connectivity index (χ4v) is 2.58. The highest BCUT2D eigenvalue weighted by atomic mass is 16.7. The first-order chi connectivity index (χ1) is 10.4. The summed E-state index contributed by atoms with van der Waals surface area (Å²) in [6, 6.07) is 0. The quantitative estimate of drug-likeness (QED) is 0.268. The molecule has 0 aromatic heterocycles. The standard InChI is InChI=1S/C12H22O10/c13-2-5-8(17)9(18)10(19)12(21-5)22-11-4(15)1-7(16)20-6(11)3-14/h4-19H,1-3H2/t4-,5?,6?,7-,8+,9-,10?,11+,12-/m1/s1. The van der Waals surface area contributed by atoms with Crippen molar-refractivity contribution in [2.75, 3.05) is 13.2 Å². The molecule has 0 radical (unpaired) electrons. The van der Waals surface area contributed by atoms with Gasteiger partial charge in [-0.25, -0.2) is 0 Å². The molecule has 2 rings (SSSR count). The zero-order valence-electron chi connectivity index (χ0n) is 11.7. The fraction of sp³-hybridized carbons (Fsp3) is 1.00. The zero-order chi connectivity index (χ0) is 16.4. The molecule has 0 bridgehead atoms. The van der Waals surface area contributed by atoms with Crippen LogP contribution in [0.4, 0.5) is 0 Å². The molecule has 0 aromatic carbocycles. The first-order valence-corrected chi connectivity index (χ1v) is 6.97. The van der Waals surface area contributed by atoms with E-state index in [2.05, 4.69) is 0 Å². The SMILES string of the molecule is OCC1O[C@@H](O)C[C@@H](O)[C@@H]1O[C@H]1OC(CO)[C@H](O)[C@@H](O)C1O. The summed E-state index contributed by atoms with van der Waals surface area (Å²) in [4.78, 5) is 0. The Bertz CT molecular complexity index is 353. The number of aliphatic hydroxyl groups is 7. The highest BCUT2D eigenvalue weighted by molar-refractivity contribution is 4.91. The molecule has 7 N–H and O–H groups in total. The van der Waals surface area contributed by atoms with Crippen LogP contribution in [-0.2, 0) is 14.2 Å². The lowest BCUT2D eigenvalue weighted by Gasteiger charge is -2.44. The van der Waals surface area contributed by atoms with Crippen LogP contribution in [-0.4, -0.2) is 104 Å². The Labute approximate surface area is 126 Å². The molecule has 10 heteroatoms. The van der Waals surface area contributed by atoms with Gasteiger partial charge >= 0.3 is 0 Å². The second-order valence-electron chi connectivity index (χ2n) is 5.41. The summed E-state index contributed by atoms with van der Waals surface area (Å²) in [6.45, 7) is -1.17. The Balaban J connectivity index is 2.07. The first-order valence-electron chi connectivity index (χ1n) is 6.97. The average molecular weight is 326 g/mol. The van der Waals surface area contributed by atoms with E-state index in [1.165, 1.54) is 0 Å². The second-order valence-corrected chi connectivity index (χ2v) is 5.41. The molecule has 0 spiro atoms. The van der Waals surface area contributed by atoms with Crippen LogP contribution in [0.5, 0.6) is 0 Å². The Kier molecular flexibility index (Phi) is 6.07. The molecule has 2 fully saturated rings. The summed E-state index contributed by atoms with van der Waals surface area (Å²) < 4.78 is 15.5. The van der Waals surface area contributed by atoms with E-state index in [-0.39, 0.29) is 6.42 Å². The van der Waals surface area contributed by atoms with Gasteiger partial charge in [-0.3, -0.25) is 0 Å². The van der Waals surface area contributed by atoms with E-state index < -0.39 is 68.5 Å². The molecule has 130 valence electrons. The summed E-state index contributed by atoms with van der Waals surface area (Å²) in [6.07, 6.45) is -12.2. The molecule has 9 atom stereocenters. The maximum absolute atomic E-state index is 9.92. The Morgan fingerprint density at radius 2 is 1.45 bits per heavy atom. The predicted octanol–water partition coefficient (Wildman–Crippen LogP) is -4.37. The van der Waals surface area contributed by atoms with Crippen molar-refractivity contribution >= 4 is 0 Å². The molecule has 2 aliphatic heterocycles. The van der Waals surface area contributed by atoms with E-state index in [9.17, 15) is 30.6 Å². The van der Waals surface area contributed by atoms with Crippen molar-refractivity contribution in [1.82, 2.24) is 0 Å². The highest BCUT2D eigenvalue weighted by Crippen LogP contribution is 2.28. The van der Waals surface area contributed by atoms with Gasteiger partial charge in [0.05, 0.1) is 19.3 Å². The third-order valence-electron chi connectivity index (χ3n) is 3.84. The van der Waals surface area contributed by atoms with E-state index in [4.69, 9.17) is 19.3 Å². The van der Waals surface area contributed by atoms with Crippen LogP contribution in [0.15, 0.2) is 0 Å². The molecular formula is C12H22O10. The number of aliphatic hydroxyl groups excluding tert-OH is 7. The van der Waals surface area contributed by atoms with Gasteiger partial charge in [0.2, 0.25) is 0 Å². The lowest BCUT2D eigenvalue weighted by Crippen LogP contribution is -2.62. The van der Waals surface area contributed by atoms with Crippen LogP contribution in [0.2, 0.25) is 0 Å². The summed E-state index contributed by atoms with van der Waals surface area (Å²) in [5.74, 6) is 0. The largest absolute Gasteiger partial charge is 0.394 e. The van der Waals surface area contributed by atoms with Crippen molar-refractivity contribution in [1.29, 1.82) is 0 Å². The molecule has 0 saturated carbocycles. The van der Waals surface area contributed by atoms with Crippen molar-refractivity contribution in [2.45, 2.75) is 61.7 Å². The monoisotopic (exact) mass is 326 g/mol. The molecule has 0 aromatic rings. The number of ether oxygens (including phenoxy) is 3. The maximum atomic E-state index is 9.92. The van der Waals surface area contributed by atoms with Gasteiger partial charge in [0.25, 0.3) is 0 Å². The van der Waals surface area contributed by atoms with E-state index in [0.717, 1.165) is 0 Å². The van der Waals surface area contributed by atoms with Gasteiger partial charge < -0.3 is 50.0 Å². The molecule has 2 heterocycles. The summed E-state index contributed by atoms with van der Waals surface area (Å²) in [5.41, 5.74) is 0. The Hall–Kier alpha value is -0.400. The molecular weight excluding hydrogens is 304 g/mol. The third-order valence-corrected chi connectivity index (χ3v) is 3.84. The number of hydrogen-bond acceptors (Lipinski definition) is 10. The Morgan fingerprint density at radius 3 is 2.05 bits per heavy atom. The molecule has 0 aliphatic carbocycles. The van der Waals surface area contributed by atoms with Gasteiger partial charge in [0.1, 0.15) is 36.6 Å². The van der Waals surface area contributed by atoms with E-state index in [0.29, 0.717) is 0 Å². The van der Waals surface area contributed by atoms with Gasteiger partial charge in [0, 0.05) is 6.42 Å². The number of hydrogen-bond donors (Lipinski definition) is 7. The second kappa shape index (κ2) is 7.45. The summed E-state index contributed by atoms with van der Waals surface area (Å²) >= 11 is 0. The fourth-order valence-electron chi connectivity index (χ4n) is 2.58. The minimum atomic E-state index is -1.63. The van der Waals surface area contributed by atoms with Crippen LogP contribution in [0, 0.1) is 0 Å². The normalized spacial score (nSPS) is 50.0. The van der Waals surface area contributed by atoms with Gasteiger partial charge in [-0.1, -0.05) is 0 Å². The molecule has 2 aliphatic rings. The van der Waals surface area contributed by atoms with E-state index in [1.807, 2.05) is 0 Å². The van der Waals surface area contributed by atoms with Crippen LogP contribution in [0.3, 0.4) is 0 Å². The first kappa shape index (κ1) is 17.9. The van der Waals surface area contributed by atoms with Gasteiger partial charge in [0.15, 0.2) is 12.6 Å². The lowest BCUT2D eigenvalue weighted by molar-refractivity contribution is -0.342. The van der Waals surface area contributed by atoms with Crippen molar-refractivity contribution in [2.24, 2.45) is 0 Å². The van der Waals surface area contributed by atoms with Crippen molar-refractivity contribution in [3.8, 4) is 0 Å². The van der Waals surface area contributed by atoms with Crippen molar-refractivity contribution in [3.63, 3.8) is 0 Å². The lowest BCUT2D eigenvalue weighted by atomic mass is 9.98. The molecule has 2 saturated heterocycles. The van der Waals surface area contributed by atoms with Crippen LogP contribution in [0.1, 0.15) is 6.42 Å². The highest BCUT2D eigenvalue weighted by Gasteiger charge is 2.47. The van der Waals surface area contributed by atoms with Crippen molar-refractivity contribution < 1.29 is 50.0 Å². The molecule has 22 heavy (non-hydrogen) atoms. The topological polar surface area (TPSA) is 169 Å². The van der Waals surface area contributed by atoms with Crippen LogP contribution < -0.4 is 0 Å². The smallest absolute Gasteiger partial charge is 0.187 e. The van der Waals surface area contributed by atoms with E-state index in [1.54, 1.807) is 0 Å². The van der Waals surface area contributed by atoms with Gasteiger partial charge in [-0.05, 0) is 0 Å². The van der Waals surface area contributed by atoms with Gasteiger partial charge in [-0.2, -0.15) is 0 Å². The van der Waals surface area contributed by atoms with Crippen LogP contribution >= 0.6 is 0 Å². The van der Waals surface area contributed by atoms with E-state index >= 15 is 0 Å². The van der Waals surface area contributed by atoms with Gasteiger partial charge in [-0.15, -0.1) is 0 Å². The average Bonchev–Trinajstić information content (AvgIpc) is 2.49. The minimum Gasteiger partial charge on any atom is -0.394 e. The summed E-state index contributed by atoms with van der Waals surface area (Å²) in [5, 5.41) is 66.8. The molecule has 3 unspecified atom stereocenters. The molecule has 10 nitrogen and oxygen atoms in total.